The minimum atomic E-state index is 0.106. The summed E-state index contributed by atoms with van der Waals surface area (Å²) in [6, 6.07) is 13.9. The van der Waals surface area contributed by atoms with Crippen molar-refractivity contribution in [3.63, 3.8) is 0 Å². The molecule has 6 nitrogen and oxygen atoms in total. The molecule has 1 aliphatic rings. The van der Waals surface area contributed by atoms with Gasteiger partial charge in [0.25, 0.3) is 0 Å². The highest BCUT2D eigenvalue weighted by atomic mass is 35.5. The number of methoxy groups -OCH3 is 1. The fourth-order valence-corrected chi connectivity index (χ4v) is 4.67. The van der Waals surface area contributed by atoms with Gasteiger partial charge in [-0.25, -0.2) is 0 Å². The van der Waals surface area contributed by atoms with Crippen LogP contribution < -0.4 is 4.74 Å². The van der Waals surface area contributed by atoms with Crippen molar-refractivity contribution >= 4 is 29.3 Å². The third-order valence-electron chi connectivity index (χ3n) is 5.35. The summed E-state index contributed by atoms with van der Waals surface area (Å²) in [5.74, 6) is 1.24. The first-order chi connectivity index (χ1) is 14.6. The van der Waals surface area contributed by atoms with E-state index in [1.165, 1.54) is 11.8 Å². The lowest BCUT2D eigenvalue weighted by Crippen LogP contribution is -2.32. The van der Waals surface area contributed by atoms with E-state index in [1.54, 1.807) is 13.4 Å². The van der Waals surface area contributed by atoms with E-state index in [0.717, 1.165) is 42.0 Å². The predicted octanol–water partition coefficient (Wildman–Crippen LogP) is 4.69. The summed E-state index contributed by atoms with van der Waals surface area (Å²) in [6.07, 6.45) is 3.62. The zero-order chi connectivity index (χ0) is 21.1. The summed E-state index contributed by atoms with van der Waals surface area (Å²) in [7, 11) is 1.65. The van der Waals surface area contributed by atoms with Crippen molar-refractivity contribution in [1.29, 1.82) is 0 Å². The van der Waals surface area contributed by atoms with E-state index < -0.39 is 0 Å². The molecular formula is C22H23ClN4O2S. The van der Waals surface area contributed by atoms with Crippen molar-refractivity contribution in [2.24, 2.45) is 0 Å². The molecule has 1 aromatic heterocycles. The van der Waals surface area contributed by atoms with Crippen molar-refractivity contribution in [3.05, 3.63) is 64.9 Å². The molecule has 1 aliphatic heterocycles. The number of aryl methyl sites for hydroxylation is 1. The average Bonchev–Trinajstić information content (AvgIpc) is 3.44. The highest BCUT2D eigenvalue weighted by Crippen LogP contribution is 2.34. The van der Waals surface area contributed by atoms with E-state index in [2.05, 4.69) is 10.2 Å². The Bertz CT molecular complexity index is 1040. The van der Waals surface area contributed by atoms with Crippen molar-refractivity contribution < 1.29 is 9.53 Å². The van der Waals surface area contributed by atoms with Gasteiger partial charge in [0, 0.05) is 11.6 Å². The maximum absolute atomic E-state index is 13.0. The number of likely N-dealkylation sites (tertiary alicyclic amines) is 1. The zero-order valence-electron chi connectivity index (χ0n) is 16.9. The predicted molar refractivity (Wildman–Crippen MR) is 119 cm³/mol. The molecule has 0 radical (unpaired) electrons. The highest BCUT2D eigenvalue weighted by Gasteiger charge is 2.30. The van der Waals surface area contributed by atoms with Crippen molar-refractivity contribution in [2.75, 3.05) is 19.4 Å². The number of rotatable bonds is 6. The Morgan fingerprint density at radius 2 is 2.07 bits per heavy atom. The van der Waals surface area contributed by atoms with Gasteiger partial charge in [-0.15, -0.1) is 10.2 Å². The fourth-order valence-electron chi connectivity index (χ4n) is 3.68. The lowest BCUT2D eigenvalue weighted by molar-refractivity contribution is -0.129. The first-order valence-corrected chi connectivity index (χ1v) is 11.2. The molecule has 0 unspecified atom stereocenters. The highest BCUT2D eigenvalue weighted by molar-refractivity contribution is 7.99. The number of carbonyl (C=O) groups is 1. The number of ether oxygens (including phenoxy) is 1. The molecule has 1 atom stereocenters. The lowest BCUT2D eigenvalue weighted by Gasteiger charge is -2.25. The number of halogens is 1. The van der Waals surface area contributed by atoms with E-state index in [9.17, 15) is 4.79 Å². The molecule has 0 N–H and O–H groups in total. The maximum Gasteiger partial charge on any atom is 0.233 e. The average molecular weight is 443 g/mol. The van der Waals surface area contributed by atoms with Crippen LogP contribution in [0.25, 0.3) is 5.69 Å². The molecular weight excluding hydrogens is 420 g/mol. The first-order valence-electron chi connectivity index (χ1n) is 9.79. The number of nitrogens with zero attached hydrogens (tertiary/aromatic N) is 4. The molecule has 1 saturated heterocycles. The van der Waals surface area contributed by atoms with Crippen LogP contribution >= 0.6 is 23.4 Å². The minimum Gasteiger partial charge on any atom is -0.497 e. The van der Waals surface area contributed by atoms with Gasteiger partial charge in [-0.2, -0.15) is 0 Å². The van der Waals surface area contributed by atoms with Crippen molar-refractivity contribution in [1.82, 2.24) is 19.7 Å². The molecule has 1 fully saturated rings. The third kappa shape index (κ3) is 4.32. The Morgan fingerprint density at radius 1 is 1.27 bits per heavy atom. The van der Waals surface area contributed by atoms with Crippen LogP contribution in [0.15, 0.2) is 53.9 Å². The number of aromatic nitrogens is 3. The lowest BCUT2D eigenvalue weighted by atomic mass is 10.0. The van der Waals surface area contributed by atoms with Gasteiger partial charge in [-0.3, -0.25) is 9.36 Å². The normalized spacial score (nSPS) is 16.1. The molecule has 2 heterocycles. The molecule has 2 aromatic carbocycles. The summed E-state index contributed by atoms with van der Waals surface area (Å²) in [6.45, 7) is 2.73. The largest absolute Gasteiger partial charge is 0.497 e. The van der Waals surface area contributed by atoms with Crippen LogP contribution in [0.1, 0.15) is 30.0 Å². The Morgan fingerprint density at radius 3 is 2.80 bits per heavy atom. The number of amides is 1. The topological polar surface area (TPSA) is 60.2 Å². The van der Waals surface area contributed by atoms with Gasteiger partial charge in [0.2, 0.25) is 5.91 Å². The molecule has 1 amide bonds. The van der Waals surface area contributed by atoms with E-state index in [0.29, 0.717) is 15.9 Å². The van der Waals surface area contributed by atoms with Crippen LogP contribution in [-0.2, 0) is 4.79 Å². The number of thioether (sulfide) groups is 1. The van der Waals surface area contributed by atoms with Gasteiger partial charge in [0.05, 0.1) is 24.6 Å². The van der Waals surface area contributed by atoms with Crippen LogP contribution in [0.3, 0.4) is 0 Å². The quantitative estimate of drug-likeness (QED) is 0.518. The fraction of sp³-hybridized carbons (Fsp3) is 0.318. The summed E-state index contributed by atoms with van der Waals surface area (Å²) in [4.78, 5) is 15.0. The monoisotopic (exact) mass is 442 g/mol. The molecule has 156 valence electrons. The standard InChI is InChI=1S/C22H23ClN4O2S/c1-15-5-8-17(12-19(15)23)27-14-24-25-22(27)30-13-21(28)26-11-3-4-20(26)16-6-9-18(29-2)10-7-16/h5-10,12,14,20H,3-4,11,13H2,1-2H3/t20-/m1/s1. The van der Waals surface area contributed by atoms with E-state index in [-0.39, 0.29) is 11.9 Å². The molecule has 0 aliphatic carbocycles. The molecule has 4 rings (SSSR count). The number of carbonyl (C=O) groups excluding carboxylic acids is 1. The second-order valence-electron chi connectivity index (χ2n) is 7.22. The van der Waals surface area contributed by atoms with E-state index in [4.69, 9.17) is 16.3 Å². The maximum atomic E-state index is 13.0. The van der Waals surface area contributed by atoms with E-state index >= 15 is 0 Å². The van der Waals surface area contributed by atoms with Gasteiger partial charge < -0.3 is 9.64 Å². The third-order valence-corrected chi connectivity index (χ3v) is 6.68. The summed E-state index contributed by atoms with van der Waals surface area (Å²) >= 11 is 7.65. The smallest absolute Gasteiger partial charge is 0.233 e. The second-order valence-corrected chi connectivity index (χ2v) is 8.57. The van der Waals surface area contributed by atoms with Crippen molar-refractivity contribution in [2.45, 2.75) is 31.0 Å². The van der Waals surface area contributed by atoms with Gasteiger partial charge in [-0.1, -0.05) is 41.6 Å². The van der Waals surface area contributed by atoms with Crippen LogP contribution in [0.5, 0.6) is 5.75 Å². The molecule has 30 heavy (non-hydrogen) atoms. The van der Waals surface area contributed by atoms with E-state index in [1.807, 2.05) is 58.9 Å². The SMILES string of the molecule is COc1ccc([C@H]2CCCN2C(=O)CSc2nncn2-c2ccc(C)c(Cl)c2)cc1. The zero-order valence-corrected chi connectivity index (χ0v) is 18.5. The number of benzene rings is 2. The Labute approximate surface area is 185 Å². The molecule has 0 spiro atoms. The molecule has 3 aromatic rings. The van der Waals surface area contributed by atoms with Crippen LogP contribution in [0.2, 0.25) is 5.02 Å². The second kappa shape index (κ2) is 9.10. The Hall–Kier alpha value is -2.51. The van der Waals surface area contributed by atoms with Crippen LogP contribution in [0.4, 0.5) is 0 Å². The van der Waals surface area contributed by atoms with Gasteiger partial charge >= 0.3 is 0 Å². The molecule has 0 bridgehead atoms. The molecule has 8 heteroatoms. The van der Waals surface area contributed by atoms with Gasteiger partial charge in [0.1, 0.15) is 12.1 Å². The van der Waals surface area contributed by atoms with Crippen LogP contribution in [-0.4, -0.2) is 45.0 Å². The number of hydrogen-bond acceptors (Lipinski definition) is 5. The molecule has 0 saturated carbocycles. The Kier molecular flexibility index (Phi) is 6.29. The first kappa shape index (κ1) is 20.8. The summed E-state index contributed by atoms with van der Waals surface area (Å²) < 4.78 is 7.10. The summed E-state index contributed by atoms with van der Waals surface area (Å²) in [5, 5.41) is 9.56. The van der Waals surface area contributed by atoms with Crippen LogP contribution in [0, 0.1) is 6.92 Å². The minimum absolute atomic E-state index is 0.106. The Balaban J connectivity index is 1.44. The number of hydrogen-bond donors (Lipinski definition) is 0. The van der Waals surface area contributed by atoms with Gasteiger partial charge in [-0.05, 0) is 55.2 Å². The summed E-state index contributed by atoms with van der Waals surface area (Å²) in [5.41, 5.74) is 3.03. The van der Waals surface area contributed by atoms with Crippen molar-refractivity contribution in [3.8, 4) is 11.4 Å². The van der Waals surface area contributed by atoms with Gasteiger partial charge in [0.15, 0.2) is 5.16 Å².